The second-order valence-electron chi connectivity index (χ2n) is 5.24. The van der Waals surface area contributed by atoms with Crippen LogP contribution in [0.5, 0.6) is 5.75 Å². The molecule has 1 N–H and O–H groups in total. The summed E-state index contributed by atoms with van der Waals surface area (Å²) < 4.78 is 5.75. The van der Waals surface area contributed by atoms with Gasteiger partial charge in [0, 0.05) is 6.54 Å². The Balaban J connectivity index is 1.73. The number of likely N-dealkylation sites (tertiary alicyclic amines) is 1. The van der Waals surface area contributed by atoms with Crippen LogP contribution in [-0.4, -0.2) is 36.2 Å². The predicted octanol–water partition coefficient (Wildman–Crippen LogP) is 2.99. The first-order valence-corrected chi connectivity index (χ1v) is 7.43. The fourth-order valence-corrected chi connectivity index (χ4v) is 2.50. The van der Waals surface area contributed by atoms with Gasteiger partial charge in [-0.25, -0.2) is 0 Å². The van der Waals surface area contributed by atoms with Gasteiger partial charge in [-0.1, -0.05) is 25.5 Å². The van der Waals surface area contributed by atoms with Crippen molar-refractivity contribution in [1.29, 1.82) is 0 Å². The summed E-state index contributed by atoms with van der Waals surface area (Å²) in [6.07, 6.45) is 4.41. The van der Waals surface area contributed by atoms with E-state index in [0.29, 0.717) is 0 Å². The predicted molar refractivity (Wildman–Crippen MR) is 77.5 cm³/mol. The van der Waals surface area contributed by atoms with Crippen LogP contribution in [0.15, 0.2) is 24.3 Å². The van der Waals surface area contributed by atoms with Crippen molar-refractivity contribution < 1.29 is 9.84 Å². The lowest BCUT2D eigenvalue weighted by Gasteiger charge is -2.26. The third-order valence-electron chi connectivity index (χ3n) is 3.78. The first-order chi connectivity index (χ1) is 9.29. The van der Waals surface area contributed by atoms with Crippen LogP contribution < -0.4 is 4.74 Å². The number of aliphatic hydroxyl groups is 1. The highest BCUT2D eigenvalue weighted by molar-refractivity contribution is 5.28. The lowest BCUT2D eigenvalue weighted by atomic mass is 10.1. The largest absolute Gasteiger partial charge is 0.492 e. The van der Waals surface area contributed by atoms with Crippen molar-refractivity contribution >= 4 is 0 Å². The van der Waals surface area contributed by atoms with Crippen molar-refractivity contribution in [1.82, 2.24) is 4.90 Å². The summed E-state index contributed by atoms with van der Waals surface area (Å²) in [7, 11) is 0. The van der Waals surface area contributed by atoms with E-state index in [4.69, 9.17) is 4.74 Å². The standard InChI is InChI=1S/C16H25NO2/c1-2-16(18)14-6-8-15(9-7-14)19-13-12-17-10-4-3-5-11-17/h6-9,16,18H,2-5,10-13H2,1H3. The van der Waals surface area contributed by atoms with Crippen molar-refractivity contribution in [2.24, 2.45) is 0 Å². The van der Waals surface area contributed by atoms with E-state index in [1.54, 1.807) is 0 Å². The SMILES string of the molecule is CCC(O)c1ccc(OCCN2CCCCC2)cc1. The highest BCUT2D eigenvalue weighted by Gasteiger charge is 2.09. The van der Waals surface area contributed by atoms with Gasteiger partial charge in [0.25, 0.3) is 0 Å². The average Bonchev–Trinajstić information content (AvgIpc) is 2.48. The van der Waals surface area contributed by atoms with Crippen LogP contribution in [0.25, 0.3) is 0 Å². The number of hydrogen-bond donors (Lipinski definition) is 1. The molecule has 0 saturated carbocycles. The Labute approximate surface area is 116 Å². The molecule has 1 heterocycles. The van der Waals surface area contributed by atoms with Crippen molar-refractivity contribution in [2.75, 3.05) is 26.2 Å². The molecule has 1 saturated heterocycles. The number of ether oxygens (including phenoxy) is 1. The van der Waals surface area contributed by atoms with Crippen LogP contribution in [0.1, 0.15) is 44.3 Å². The molecule has 0 amide bonds. The molecule has 1 unspecified atom stereocenters. The highest BCUT2D eigenvalue weighted by Crippen LogP contribution is 2.19. The normalized spacial score (nSPS) is 18.2. The minimum atomic E-state index is -0.359. The van der Waals surface area contributed by atoms with E-state index in [1.807, 2.05) is 31.2 Å². The molecule has 1 aromatic rings. The van der Waals surface area contributed by atoms with E-state index < -0.39 is 0 Å². The van der Waals surface area contributed by atoms with E-state index in [2.05, 4.69) is 4.90 Å². The van der Waals surface area contributed by atoms with E-state index in [9.17, 15) is 5.11 Å². The Kier molecular flexibility index (Phi) is 5.67. The molecule has 1 aliphatic heterocycles. The second kappa shape index (κ2) is 7.51. The summed E-state index contributed by atoms with van der Waals surface area (Å²) in [4.78, 5) is 2.47. The summed E-state index contributed by atoms with van der Waals surface area (Å²) in [6.45, 7) is 6.17. The van der Waals surface area contributed by atoms with Gasteiger partial charge in [0.1, 0.15) is 12.4 Å². The molecule has 106 valence electrons. The Morgan fingerprint density at radius 1 is 1.16 bits per heavy atom. The van der Waals surface area contributed by atoms with Gasteiger partial charge in [-0.05, 0) is 50.0 Å². The molecule has 1 atom stereocenters. The van der Waals surface area contributed by atoms with Gasteiger partial charge in [0.15, 0.2) is 0 Å². The molecule has 2 rings (SSSR count). The molecule has 1 aromatic carbocycles. The summed E-state index contributed by atoms with van der Waals surface area (Å²) in [5, 5.41) is 9.72. The van der Waals surface area contributed by atoms with Gasteiger partial charge < -0.3 is 9.84 Å². The zero-order valence-corrected chi connectivity index (χ0v) is 11.8. The summed E-state index contributed by atoms with van der Waals surface area (Å²) in [5.41, 5.74) is 0.964. The average molecular weight is 263 g/mol. The quantitative estimate of drug-likeness (QED) is 0.856. The highest BCUT2D eigenvalue weighted by atomic mass is 16.5. The Morgan fingerprint density at radius 2 is 1.84 bits per heavy atom. The first kappa shape index (κ1) is 14.4. The van der Waals surface area contributed by atoms with Gasteiger partial charge in [-0.15, -0.1) is 0 Å². The van der Waals surface area contributed by atoms with Gasteiger partial charge in [-0.3, -0.25) is 4.90 Å². The van der Waals surface area contributed by atoms with E-state index in [0.717, 1.165) is 30.9 Å². The molecule has 0 bridgehead atoms. The minimum Gasteiger partial charge on any atom is -0.492 e. The van der Waals surface area contributed by atoms with Gasteiger partial charge in [0.05, 0.1) is 6.10 Å². The van der Waals surface area contributed by atoms with Gasteiger partial charge in [0.2, 0.25) is 0 Å². The van der Waals surface area contributed by atoms with E-state index >= 15 is 0 Å². The van der Waals surface area contributed by atoms with Gasteiger partial charge >= 0.3 is 0 Å². The smallest absolute Gasteiger partial charge is 0.119 e. The first-order valence-electron chi connectivity index (χ1n) is 7.43. The maximum atomic E-state index is 9.72. The Hall–Kier alpha value is -1.06. The Bertz CT molecular complexity index is 358. The van der Waals surface area contributed by atoms with Crippen molar-refractivity contribution in [2.45, 2.75) is 38.7 Å². The third-order valence-corrected chi connectivity index (χ3v) is 3.78. The van der Waals surface area contributed by atoms with Crippen molar-refractivity contribution in [3.05, 3.63) is 29.8 Å². The van der Waals surface area contributed by atoms with Crippen LogP contribution >= 0.6 is 0 Å². The number of rotatable bonds is 6. The summed E-state index contributed by atoms with van der Waals surface area (Å²) in [5.74, 6) is 0.893. The molecule has 1 aliphatic rings. The van der Waals surface area contributed by atoms with Crippen molar-refractivity contribution in [3.8, 4) is 5.75 Å². The van der Waals surface area contributed by atoms with Gasteiger partial charge in [-0.2, -0.15) is 0 Å². The molecular weight excluding hydrogens is 238 g/mol. The molecular formula is C16H25NO2. The Morgan fingerprint density at radius 3 is 2.47 bits per heavy atom. The molecule has 0 radical (unpaired) electrons. The number of piperidine rings is 1. The number of benzene rings is 1. The molecule has 0 aromatic heterocycles. The zero-order valence-electron chi connectivity index (χ0n) is 11.8. The second-order valence-corrected chi connectivity index (χ2v) is 5.24. The summed E-state index contributed by atoms with van der Waals surface area (Å²) in [6, 6.07) is 7.80. The zero-order chi connectivity index (χ0) is 13.5. The van der Waals surface area contributed by atoms with Crippen LogP contribution in [0.4, 0.5) is 0 Å². The van der Waals surface area contributed by atoms with Crippen LogP contribution in [0.3, 0.4) is 0 Å². The van der Waals surface area contributed by atoms with Crippen LogP contribution in [0.2, 0.25) is 0 Å². The number of nitrogens with zero attached hydrogens (tertiary/aromatic N) is 1. The van der Waals surface area contributed by atoms with Crippen LogP contribution in [-0.2, 0) is 0 Å². The minimum absolute atomic E-state index is 0.359. The maximum Gasteiger partial charge on any atom is 0.119 e. The monoisotopic (exact) mass is 263 g/mol. The molecule has 3 heteroatoms. The molecule has 0 spiro atoms. The molecule has 0 aliphatic carbocycles. The van der Waals surface area contributed by atoms with E-state index in [-0.39, 0.29) is 6.10 Å². The number of aliphatic hydroxyl groups excluding tert-OH is 1. The van der Waals surface area contributed by atoms with E-state index in [1.165, 1.54) is 32.4 Å². The lowest BCUT2D eigenvalue weighted by Crippen LogP contribution is -2.33. The molecule has 3 nitrogen and oxygen atoms in total. The molecule has 19 heavy (non-hydrogen) atoms. The lowest BCUT2D eigenvalue weighted by molar-refractivity contribution is 0.173. The maximum absolute atomic E-state index is 9.72. The number of hydrogen-bond acceptors (Lipinski definition) is 3. The van der Waals surface area contributed by atoms with Crippen LogP contribution in [0, 0.1) is 0 Å². The topological polar surface area (TPSA) is 32.7 Å². The summed E-state index contributed by atoms with van der Waals surface area (Å²) >= 11 is 0. The fourth-order valence-electron chi connectivity index (χ4n) is 2.50. The third kappa shape index (κ3) is 4.51. The van der Waals surface area contributed by atoms with Crippen molar-refractivity contribution in [3.63, 3.8) is 0 Å². The molecule has 1 fully saturated rings. The fraction of sp³-hybridized carbons (Fsp3) is 0.625.